The molecule has 1 aromatic carbocycles. The summed E-state index contributed by atoms with van der Waals surface area (Å²) in [7, 11) is 0. The number of aromatic nitrogens is 1. The minimum atomic E-state index is -0.929. The Kier molecular flexibility index (Phi) is 4.57. The number of carbonyl (C=O) groups excluding carboxylic acids is 1. The maximum Gasteiger partial charge on any atom is 0.144 e. The van der Waals surface area contributed by atoms with Crippen molar-refractivity contribution in [3.63, 3.8) is 0 Å². The Bertz CT molecular complexity index is 574. The van der Waals surface area contributed by atoms with Gasteiger partial charge in [-0.05, 0) is 31.1 Å². The van der Waals surface area contributed by atoms with Gasteiger partial charge in [-0.25, -0.2) is 0 Å². The number of fused-ring (bicyclic) bond motifs is 1. The fourth-order valence-electron chi connectivity index (χ4n) is 2.42. The fourth-order valence-corrected chi connectivity index (χ4v) is 2.42. The minimum absolute atomic E-state index is 0.619. The lowest BCUT2D eigenvalue weighted by molar-refractivity contribution is -0.112. The Balaban J connectivity index is 2.22. The number of nitrogens with one attached hydrogen (secondary N) is 1. The number of aromatic amines is 1. The van der Waals surface area contributed by atoms with E-state index in [9.17, 15) is 4.79 Å². The maximum absolute atomic E-state index is 11.5. The highest BCUT2D eigenvalue weighted by Gasteiger charge is 2.27. The first-order chi connectivity index (χ1) is 9.62. The monoisotopic (exact) mass is 272 g/mol. The van der Waals surface area contributed by atoms with Crippen molar-refractivity contribution in [2.24, 2.45) is 5.73 Å². The smallest absolute Gasteiger partial charge is 0.144 e. The van der Waals surface area contributed by atoms with Gasteiger partial charge in [-0.15, -0.1) is 0 Å². The van der Waals surface area contributed by atoms with E-state index in [2.05, 4.69) is 29.8 Å². The van der Waals surface area contributed by atoms with Crippen LogP contribution in [0.25, 0.3) is 10.9 Å². The van der Waals surface area contributed by atoms with Crippen LogP contribution >= 0.6 is 0 Å². The van der Waals surface area contributed by atoms with E-state index in [1.807, 2.05) is 18.2 Å². The van der Waals surface area contributed by atoms with Gasteiger partial charge in [-0.3, -0.25) is 0 Å². The van der Waals surface area contributed by atoms with Crippen molar-refractivity contribution in [2.45, 2.75) is 25.8 Å². The zero-order valence-corrected chi connectivity index (χ0v) is 12.1. The number of carbonyl (C=O) groups is 1. The predicted octanol–water partition coefficient (Wildman–Crippen LogP) is 2.05. The van der Waals surface area contributed by atoms with Gasteiger partial charge in [0, 0.05) is 29.7 Å². The molecule has 4 heteroatoms. The van der Waals surface area contributed by atoms with Gasteiger partial charge in [0.2, 0.25) is 0 Å². The fraction of sp³-hybridized carbons (Fsp3) is 0.438. The topological polar surface area (TPSA) is 62.1 Å². The van der Waals surface area contributed by atoms with Crippen LogP contribution < -0.4 is 5.73 Å². The molecule has 0 amide bonds. The highest BCUT2D eigenvalue weighted by molar-refractivity contribution is 5.81. The molecule has 1 radical (unpaired) electrons. The standard InChI is InChI=1S/C16H22N3O/c1-3-19(4-2)10-8-16(17,12-20)14-6-5-13-7-9-18-15(13)11-14/h5-6,9,11-12,18H,3-4,8,10,17H2,1-2H3. The first kappa shape index (κ1) is 14.8. The lowest BCUT2D eigenvalue weighted by Crippen LogP contribution is -2.42. The van der Waals surface area contributed by atoms with Crippen molar-refractivity contribution >= 4 is 17.2 Å². The number of hydrogen-bond donors (Lipinski definition) is 2. The second-order valence-corrected chi connectivity index (χ2v) is 5.13. The molecule has 4 nitrogen and oxygen atoms in total. The Morgan fingerprint density at radius 1 is 1.40 bits per heavy atom. The summed E-state index contributed by atoms with van der Waals surface area (Å²) in [5.41, 5.74) is 7.20. The second-order valence-electron chi connectivity index (χ2n) is 5.13. The maximum atomic E-state index is 11.5. The summed E-state index contributed by atoms with van der Waals surface area (Å²) in [5.74, 6) is 0. The molecule has 2 aromatic rings. The van der Waals surface area contributed by atoms with E-state index >= 15 is 0 Å². The lowest BCUT2D eigenvalue weighted by Gasteiger charge is -2.27. The summed E-state index contributed by atoms with van der Waals surface area (Å²) >= 11 is 0. The molecule has 2 rings (SSSR count). The average molecular weight is 272 g/mol. The van der Waals surface area contributed by atoms with Gasteiger partial charge in [-0.2, -0.15) is 0 Å². The summed E-state index contributed by atoms with van der Waals surface area (Å²) in [6, 6.07) is 8.91. The van der Waals surface area contributed by atoms with Gasteiger partial charge in [0.1, 0.15) is 6.29 Å². The van der Waals surface area contributed by atoms with Crippen LogP contribution in [0, 0.1) is 6.07 Å². The quantitative estimate of drug-likeness (QED) is 0.758. The third-order valence-corrected chi connectivity index (χ3v) is 3.96. The van der Waals surface area contributed by atoms with Crippen molar-refractivity contribution in [1.29, 1.82) is 0 Å². The molecule has 1 unspecified atom stereocenters. The van der Waals surface area contributed by atoms with Gasteiger partial charge in [0.05, 0.1) is 5.54 Å². The first-order valence-corrected chi connectivity index (χ1v) is 7.09. The van der Waals surface area contributed by atoms with Crippen molar-refractivity contribution in [3.8, 4) is 0 Å². The Morgan fingerprint density at radius 3 is 2.80 bits per heavy atom. The second kappa shape index (κ2) is 6.20. The van der Waals surface area contributed by atoms with Crippen LogP contribution in [0.4, 0.5) is 0 Å². The molecule has 20 heavy (non-hydrogen) atoms. The molecular weight excluding hydrogens is 250 g/mol. The summed E-state index contributed by atoms with van der Waals surface area (Å²) in [4.78, 5) is 16.9. The molecule has 0 aliphatic rings. The summed E-state index contributed by atoms with van der Waals surface area (Å²) < 4.78 is 0. The van der Waals surface area contributed by atoms with Crippen molar-refractivity contribution in [2.75, 3.05) is 19.6 Å². The average Bonchev–Trinajstić information content (AvgIpc) is 2.95. The van der Waals surface area contributed by atoms with Crippen LogP contribution in [0.1, 0.15) is 25.8 Å². The predicted molar refractivity (Wildman–Crippen MR) is 81.5 cm³/mol. The summed E-state index contributed by atoms with van der Waals surface area (Å²) in [6.45, 7) is 6.98. The summed E-state index contributed by atoms with van der Waals surface area (Å²) in [5, 5.41) is 1.01. The first-order valence-electron chi connectivity index (χ1n) is 7.09. The largest absolute Gasteiger partial charge is 0.361 e. The zero-order chi connectivity index (χ0) is 14.6. The molecular formula is C16H22N3O. The molecule has 0 bridgehead atoms. The Hall–Kier alpha value is -1.65. The molecule has 0 saturated heterocycles. The van der Waals surface area contributed by atoms with E-state index in [1.54, 1.807) is 6.20 Å². The van der Waals surface area contributed by atoms with Crippen LogP contribution in [0.5, 0.6) is 0 Å². The van der Waals surface area contributed by atoms with E-state index in [4.69, 9.17) is 5.73 Å². The molecule has 3 N–H and O–H groups in total. The number of H-pyrrole nitrogens is 1. The number of benzene rings is 1. The summed E-state index contributed by atoms with van der Waals surface area (Å²) in [6.07, 6.45) is 3.25. The van der Waals surface area contributed by atoms with E-state index in [0.717, 1.165) is 42.4 Å². The molecule has 107 valence electrons. The molecule has 0 aliphatic heterocycles. The number of hydrogen-bond acceptors (Lipinski definition) is 3. The number of nitrogens with two attached hydrogens (primary N) is 1. The van der Waals surface area contributed by atoms with E-state index in [0.29, 0.717) is 6.42 Å². The lowest BCUT2D eigenvalue weighted by atomic mass is 9.88. The Labute approximate surface area is 120 Å². The van der Waals surface area contributed by atoms with Gasteiger partial charge in [-0.1, -0.05) is 26.0 Å². The molecule has 0 fully saturated rings. The Morgan fingerprint density at radius 2 is 2.15 bits per heavy atom. The normalized spacial score (nSPS) is 14.6. The van der Waals surface area contributed by atoms with Crippen LogP contribution in [-0.4, -0.2) is 35.8 Å². The van der Waals surface area contributed by atoms with E-state index in [-0.39, 0.29) is 0 Å². The SMILES string of the molecule is CCN(CC)CCC(N)(C=O)c1ccc2[c]c[nH]c2c1. The molecule has 1 atom stereocenters. The van der Waals surface area contributed by atoms with Crippen LogP contribution in [0.2, 0.25) is 0 Å². The van der Waals surface area contributed by atoms with Gasteiger partial charge in [0.25, 0.3) is 0 Å². The van der Waals surface area contributed by atoms with Crippen LogP contribution in [0.15, 0.2) is 24.4 Å². The van der Waals surface area contributed by atoms with Gasteiger partial charge < -0.3 is 20.4 Å². The minimum Gasteiger partial charge on any atom is -0.361 e. The molecule has 0 saturated carbocycles. The molecule has 1 aromatic heterocycles. The van der Waals surface area contributed by atoms with E-state index in [1.165, 1.54) is 0 Å². The van der Waals surface area contributed by atoms with Crippen LogP contribution in [0.3, 0.4) is 0 Å². The van der Waals surface area contributed by atoms with Crippen molar-refractivity contribution in [1.82, 2.24) is 9.88 Å². The van der Waals surface area contributed by atoms with E-state index < -0.39 is 5.54 Å². The zero-order valence-electron chi connectivity index (χ0n) is 12.1. The van der Waals surface area contributed by atoms with Gasteiger partial charge >= 0.3 is 0 Å². The molecule has 1 heterocycles. The number of nitrogens with zero attached hydrogens (tertiary/aromatic N) is 1. The van der Waals surface area contributed by atoms with Crippen LogP contribution in [-0.2, 0) is 10.3 Å². The highest BCUT2D eigenvalue weighted by atomic mass is 16.1. The highest BCUT2D eigenvalue weighted by Crippen LogP contribution is 2.24. The third kappa shape index (κ3) is 2.92. The number of rotatable bonds is 7. The van der Waals surface area contributed by atoms with Gasteiger partial charge in [0.15, 0.2) is 0 Å². The van der Waals surface area contributed by atoms with Crippen molar-refractivity contribution < 1.29 is 4.79 Å². The third-order valence-electron chi connectivity index (χ3n) is 3.96. The number of aldehydes is 1. The molecule has 0 spiro atoms. The van der Waals surface area contributed by atoms with Crippen molar-refractivity contribution in [3.05, 3.63) is 36.0 Å². The molecule has 0 aliphatic carbocycles.